The molecule has 0 radical (unpaired) electrons. The Bertz CT molecular complexity index is 680. The van der Waals surface area contributed by atoms with Crippen molar-refractivity contribution >= 4 is 27.5 Å². The van der Waals surface area contributed by atoms with Crippen molar-refractivity contribution in [3.8, 4) is 0 Å². The number of aromatic nitrogens is 1. The number of anilines is 1. The van der Waals surface area contributed by atoms with Crippen LogP contribution in [0.25, 0.3) is 0 Å². The predicted molar refractivity (Wildman–Crippen MR) is 87.7 cm³/mol. The molecule has 0 aliphatic heterocycles. The summed E-state index contributed by atoms with van der Waals surface area (Å²) >= 11 is 3.44. The smallest absolute Gasteiger partial charge is 0.238 e. The second-order valence-corrected chi connectivity index (χ2v) is 6.41. The van der Waals surface area contributed by atoms with E-state index in [0.29, 0.717) is 12.5 Å². The van der Waals surface area contributed by atoms with Crippen LogP contribution in [0.4, 0.5) is 5.69 Å². The Morgan fingerprint density at radius 2 is 2.27 bits per heavy atom. The van der Waals surface area contributed by atoms with Gasteiger partial charge < -0.3 is 15.1 Å². The van der Waals surface area contributed by atoms with Gasteiger partial charge in [0.15, 0.2) is 5.89 Å². The third kappa shape index (κ3) is 3.96. The number of aryl methyl sites for hydroxylation is 1. The Labute approximate surface area is 137 Å². The predicted octanol–water partition coefficient (Wildman–Crippen LogP) is 3.35. The third-order valence-electron chi connectivity index (χ3n) is 3.52. The molecule has 0 bridgehead atoms. The standard InChI is InChI=1S/C16H18BrN3O2/c1-10-6-12(4-5-14(10)17)20-15(21)9-18-7-13-8-19-16(22-13)11-2-3-11/h4-6,8,11,18H,2-3,7,9H2,1H3,(H,20,21). The van der Waals surface area contributed by atoms with Gasteiger partial charge in [0.1, 0.15) is 5.76 Å². The van der Waals surface area contributed by atoms with Crippen molar-refractivity contribution in [2.75, 3.05) is 11.9 Å². The Morgan fingerprint density at radius 3 is 3.00 bits per heavy atom. The zero-order valence-corrected chi connectivity index (χ0v) is 13.9. The number of nitrogens with one attached hydrogen (secondary N) is 2. The first kappa shape index (κ1) is 15.2. The van der Waals surface area contributed by atoms with E-state index >= 15 is 0 Å². The summed E-state index contributed by atoms with van der Waals surface area (Å²) in [6, 6.07) is 5.72. The minimum absolute atomic E-state index is 0.0799. The van der Waals surface area contributed by atoms with Gasteiger partial charge in [-0.25, -0.2) is 4.98 Å². The fourth-order valence-electron chi connectivity index (χ4n) is 2.15. The summed E-state index contributed by atoms with van der Waals surface area (Å²) in [4.78, 5) is 16.1. The van der Waals surface area contributed by atoms with Crippen molar-refractivity contribution in [2.45, 2.75) is 32.2 Å². The number of nitrogens with zero attached hydrogens (tertiary/aromatic N) is 1. The van der Waals surface area contributed by atoms with Crippen LogP contribution in [-0.2, 0) is 11.3 Å². The van der Waals surface area contributed by atoms with Gasteiger partial charge >= 0.3 is 0 Å². The molecular formula is C16H18BrN3O2. The first-order valence-corrected chi connectivity index (χ1v) is 8.12. The molecule has 1 aromatic carbocycles. The van der Waals surface area contributed by atoms with E-state index in [0.717, 1.165) is 27.4 Å². The third-order valence-corrected chi connectivity index (χ3v) is 4.41. The van der Waals surface area contributed by atoms with E-state index in [1.54, 1.807) is 6.20 Å². The Hall–Kier alpha value is -1.66. The van der Waals surface area contributed by atoms with Crippen molar-refractivity contribution in [3.63, 3.8) is 0 Å². The minimum Gasteiger partial charge on any atom is -0.444 e. The second kappa shape index (κ2) is 6.62. The number of carbonyl (C=O) groups excluding carboxylic acids is 1. The highest BCUT2D eigenvalue weighted by Gasteiger charge is 2.28. The summed E-state index contributed by atoms with van der Waals surface area (Å²) < 4.78 is 6.65. The molecule has 2 aromatic rings. The minimum atomic E-state index is -0.0799. The quantitative estimate of drug-likeness (QED) is 0.825. The van der Waals surface area contributed by atoms with E-state index in [-0.39, 0.29) is 12.5 Å². The number of rotatable bonds is 6. The monoisotopic (exact) mass is 363 g/mol. The topological polar surface area (TPSA) is 67.2 Å². The molecule has 0 unspecified atom stereocenters. The van der Waals surface area contributed by atoms with Gasteiger partial charge in [0.25, 0.3) is 0 Å². The summed E-state index contributed by atoms with van der Waals surface area (Å²) in [5.41, 5.74) is 1.88. The van der Waals surface area contributed by atoms with Crippen LogP contribution in [0.3, 0.4) is 0 Å². The molecule has 116 valence electrons. The zero-order valence-electron chi connectivity index (χ0n) is 12.4. The molecule has 5 nitrogen and oxygen atoms in total. The molecule has 1 fully saturated rings. The maximum Gasteiger partial charge on any atom is 0.238 e. The first-order chi connectivity index (χ1) is 10.6. The molecule has 6 heteroatoms. The summed E-state index contributed by atoms with van der Waals surface area (Å²) in [7, 11) is 0. The number of carbonyl (C=O) groups is 1. The molecular weight excluding hydrogens is 346 g/mol. The lowest BCUT2D eigenvalue weighted by atomic mass is 10.2. The average Bonchev–Trinajstić information content (AvgIpc) is 3.23. The largest absolute Gasteiger partial charge is 0.444 e. The highest BCUT2D eigenvalue weighted by molar-refractivity contribution is 9.10. The Morgan fingerprint density at radius 1 is 1.45 bits per heavy atom. The highest BCUT2D eigenvalue weighted by Crippen LogP contribution is 2.39. The summed E-state index contributed by atoms with van der Waals surface area (Å²) in [6.45, 7) is 2.72. The van der Waals surface area contributed by atoms with Gasteiger partial charge in [-0.2, -0.15) is 0 Å². The summed E-state index contributed by atoms with van der Waals surface area (Å²) in [5.74, 6) is 2.03. The number of halogens is 1. The van der Waals surface area contributed by atoms with E-state index in [1.807, 2.05) is 25.1 Å². The molecule has 1 saturated carbocycles. The summed E-state index contributed by atoms with van der Waals surface area (Å²) in [5, 5.41) is 5.93. The van der Waals surface area contributed by atoms with Crippen LogP contribution >= 0.6 is 15.9 Å². The van der Waals surface area contributed by atoms with Gasteiger partial charge in [-0.15, -0.1) is 0 Å². The molecule has 1 heterocycles. The average molecular weight is 364 g/mol. The van der Waals surface area contributed by atoms with Gasteiger partial charge in [0.05, 0.1) is 19.3 Å². The first-order valence-electron chi connectivity index (χ1n) is 7.33. The number of hydrogen-bond acceptors (Lipinski definition) is 4. The Kier molecular flexibility index (Phi) is 4.59. The molecule has 1 aliphatic carbocycles. The van der Waals surface area contributed by atoms with Crippen molar-refractivity contribution < 1.29 is 9.21 Å². The molecule has 1 aromatic heterocycles. The lowest BCUT2D eigenvalue weighted by Gasteiger charge is -2.07. The Balaban J connectivity index is 1.44. The molecule has 0 atom stereocenters. The molecule has 22 heavy (non-hydrogen) atoms. The van der Waals surface area contributed by atoms with E-state index in [4.69, 9.17) is 4.42 Å². The van der Waals surface area contributed by atoms with Crippen molar-refractivity contribution in [3.05, 3.63) is 46.1 Å². The van der Waals surface area contributed by atoms with E-state index in [2.05, 4.69) is 31.5 Å². The van der Waals surface area contributed by atoms with Crippen LogP contribution < -0.4 is 10.6 Å². The normalized spacial score (nSPS) is 14.1. The van der Waals surface area contributed by atoms with Crippen molar-refractivity contribution in [1.82, 2.24) is 10.3 Å². The maximum absolute atomic E-state index is 11.9. The van der Waals surface area contributed by atoms with E-state index in [9.17, 15) is 4.79 Å². The van der Waals surface area contributed by atoms with Gasteiger partial charge in [0.2, 0.25) is 5.91 Å². The summed E-state index contributed by atoms with van der Waals surface area (Å²) in [6.07, 6.45) is 4.07. The van der Waals surface area contributed by atoms with Gasteiger partial charge in [-0.1, -0.05) is 15.9 Å². The van der Waals surface area contributed by atoms with Crippen molar-refractivity contribution in [1.29, 1.82) is 0 Å². The van der Waals surface area contributed by atoms with E-state index in [1.165, 1.54) is 12.8 Å². The maximum atomic E-state index is 11.9. The van der Waals surface area contributed by atoms with Crippen LogP contribution in [0.2, 0.25) is 0 Å². The van der Waals surface area contributed by atoms with Crippen LogP contribution in [0.1, 0.15) is 36.0 Å². The van der Waals surface area contributed by atoms with Crippen LogP contribution in [0, 0.1) is 6.92 Å². The molecule has 3 rings (SSSR count). The number of oxazole rings is 1. The lowest BCUT2D eigenvalue weighted by molar-refractivity contribution is -0.115. The van der Waals surface area contributed by atoms with Crippen LogP contribution in [0.5, 0.6) is 0 Å². The fraction of sp³-hybridized carbons (Fsp3) is 0.375. The van der Waals surface area contributed by atoms with E-state index < -0.39 is 0 Å². The molecule has 0 saturated heterocycles. The van der Waals surface area contributed by atoms with Crippen molar-refractivity contribution in [2.24, 2.45) is 0 Å². The van der Waals surface area contributed by atoms with Crippen LogP contribution in [0.15, 0.2) is 33.3 Å². The number of benzene rings is 1. The molecule has 0 spiro atoms. The molecule has 2 N–H and O–H groups in total. The SMILES string of the molecule is Cc1cc(NC(=O)CNCc2cnc(C3CC3)o2)ccc1Br. The fourth-order valence-corrected chi connectivity index (χ4v) is 2.40. The van der Waals surface area contributed by atoms with Gasteiger partial charge in [-0.05, 0) is 43.5 Å². The second-order valence-electron chi connectivity index (χ2n) is 5.55. The molecule has 1 aliphatic rings. The van der Waals surface area contributed by atoms with Gasteiger partial charge in [-0.3, -0.25) is 4.79 Å². The van der Waals surface area contributed by atoms with Crippen LogP contribution in [-0.4, -0.2) is 17.4 Å². The lowest BCUT2D eigenvalue weighted by Crippen LogP contribution is -2.27. The molecule has 1 amide bonds. The zero-order chi connectivity index (χ0) is 15.5. The number of amides is 1. The van der Waals surface area contributed by atoms with Gasteiger partial charge in [0, 0.05) is 16.1 Å². The highest BCUT2D eigenvalue weighted by atomic mass is 79.9. The number of hydrogen-bond donors (Lipinski definition) is 2.